The lowest BCUT2D eigenvalue weighted by Gasteiger charge is -2.52. The predicted molar refractivity (Wildman–Crippen MR) is 155 cm³/mol. The maximum atomic E-state index is 5.39. The number of para-hydroxylation sites is 1. The molecule has 2 heteroatoms. The van der Waals surface area contributed by atoms with Crippen LogP contribution in [0.25, 0.3) is 28.1 Å². The van der Waals surface area contributed by atoms with Crippen LogP contribution < -0.4 is 0 Å². The average molecular weight is 479 g/mol. The van der Waals surface area contributed by atoms with E-state index in [1.54, 1.807) is 11.1 Å². The van der Waals surface area contributed by atoms with Crippen LogP contribution in [0.4, 0.5) is 0 Å². The molecule has 188 valence electrons. The second-order valence-electron chi connectivity index (χ2n) is 11.8. The van der Waals surface area contributed by atoms with Crippen molar-refractivity contribution in [2.75, 3.05) is 0 Å². The maximum absolute atomic E-state index is 5.39. The summed E-state index contributed by atoms with van der Waals surface area (Å²) in [6.07, 6.45) is 5.18. The van der Waals surface area contributed by atoms with Crippen LogP contribution in [0.15, 0.2) is 54.6 Å². The third-order valence-corrected chi connectivity index (χ3v) is 9.04. The van der Waals surface area contributed by atoms with Gasteiger partial charge in [-0.2, -0.15) is 0 Å². The number of aromatic nitrogens is 2. The minimum Gasteiger partial charge on any atom is -0.292 e. The molecule has 2 bridgehead atoms. The number of benzene rings is 3. The van der Waals surface area contributed by atoms with Crippen molar-refractivity contribution in [2.45, 2.75) is 97.8 Å². The van der Waals surface area contributed by atoms with Gasteiger partial charge in [-0.1, -0.05) is 84.0 Å². The molecular formula is C34H42N2. The van der Waals surface area contributed by atoms with Crippen LogP contribution in [-0.2, 0) is 10.8 Å². The standard InChI is InChI=1S/C32H36N2.C2H6/c1-20(2)23-12-7-8-13-24(23)30-33-27-18-25-26(32(6)16-14-31(25,5)15-17-32)19-28(27)34(30)29-21(3)10-9-11-22(29)4;1-2/h7-13,18-20H,14-17H2,1-6H3;1-2H3. The zero-order chi connectivity index (χ0) is 25.8. The van der Waals surface area contributed by atoms with Crippen LogP contribution in [0, 0.1) is 13.8 Å². The molecule has 1 saturated carbocycles. The Morgan fingerprint density at radius 1 is 0.778 bits per heavy atom. The lowest BCUT2D eigenvalue weighted by molar-refractivity contribution is 0.188. The Labute approximate surface area is 217 Å². The van der Waals surface area contributed by atoms with Crippen LogP contribution in [-0.4, -0.2) is 9.55 Å². The van der Waals surface area contributed by atoms with Gasteiger partial charge >= 0.3 is 0 Å². The molecule has 0 unspecified atom stereocenters. The molecule has 0 N–H and O–H groups in total. The SMILES string of the molecule is CC.Cc1cccc(C)c1-n1c(-c2ccccc2C(C)C)nc2cc3c(cc21)C1(C)CCC3(C)CC1. The molecule has 1 fully saturated rings. The monoisotopic (exact) mass is 478 g/mol. The molecular weight excluding hydrogens is 436 g/mol. The highest BCUT2D eigenvalue weighted by atomic mass is 15.1. The summed E-state index contributed by atoms with van der Waals surface area (Å²) in [5.41, 5.74) is 12.5. The summed E-state index contributed by atoms with van der Waals surface area (Å²) in [5, 5.41) is 0. The molecule has 36 heavy (non-hydrogen) atoms. The average Bonchev–Trinajstić information content (AvgIpc) is 3.24. The molecule has 1 aromatic heterocycles. The number of nitrogens with zero attached hydrogens (tertiary/aromatic N) is 2. The fourth-order valence-electron chi connectivity index (χ4n) is 6.78. The van der Waals surface area contributed by atoms with Gasteiger partial charge in [-0.05, 0) is 96.2 Å². The smallest absolute Gasteiger partial charge is 0.146 e. The highest BCUT2D eigenvalue weighted by Crippen LogP contribution is 2.57. The van der Waals surface area contributed by atoms with Crippen molar-refractivity contribution < 1.29 is 0 Å². The van der Waals surface area contributed by atoms with Crippen molar-refractivity contribution in [3.05, 3.63) is 82.4 Å². The van der Waals surface area contributed by atoms with Gasteiger partial charge in [-0.3, -0.25) is 4.57 Å². The molecule has 3 aromatic carbocycles. The van der Waals surface area contributed by atoms with Gasteiger partial charge in [0, 0.05) is 5.56 Å². The molecule has 0 spiro atoms. The van der Waals surface area contributed by atoms with E-state index in [2.05, 4.69) is 101 Å². The minimum atomic E-state index is 0.285. The first-order valence-electron chi connectivity index (χ1n) is 14.0. The highest BCUT2D eigenvalue weighted by molar-refractivity contribution is 5.87. The van der Waals surface area contributed by atoms with E-state index < -0.39 is 0 Å². The van der Waals surface area contributed by atoms with E-state index in [0.29, 0.717) is 11.3 Å². The molecule has 3 aliphatic rings. The fraction of sp³-hybridized carbons (Fsp3) is 0.441. The Balaban J connectivity index is 0.00000130. The van der Waals surface area contributed by atoms with Crippen molar-refractivity contribution in [3.63, 3.8) is 0 Å². The normalized spacial score (nSPS) is 22.5. The lowest BCUT2D eigenvalue weighted by atomic mass is 9.52. The summed E-state index contributed by atoms with van der Waals surface area (Å²) in [7, 11) is 0. The van der Waals surface area contributed by atoms with Gasteiger partial charge in [0.15, 0.2) is 0 Å². The summed E-state index contributed by atoms with van der Waals surface area (Å²) < 4.78 is 2.47. The van der Waals surface area contributed by atoms with Crippen LogP contribution in [0.1, 0.15) is 101 Å². The summed E-state index contributed by atoms with van der Waals surface area (Å²) in [6, 6.07) is 20.4. The summed E-state index contributed by atoms with van der Waals surface area (Å²) in [4.78, 5) is 5.39. The maximum Gasteiger partial charge on any atom is 0.146 e. The Morgan fingerprint density at radius 3 is 1.92 bits per heavy atom. The van der Waals surface area contributed by atoms with Crippen LogP contribution in [0.2, 0.25) is 0 Å². The molecule has 0 atom stereocenters. The Kier molecular flexibility index (Phi) is 6.14. The number of imidazole rings is 1. The molecule has 0 amide bonds. The second kappa shape index (κ2) is 8.91. The molecule has 0 radical (unpaired) electrons. The molecule has 1 heterocycles. The van der Waals surface area contributed by atoms with Gasteiger partial charge in [-0.25, -0.2) is 4.98 Å². The van der Waals surface area contributed by atoms with Crippen molar-refractivity contribution in [2.24, 2.45) is 0 Å². The first kappa shape index (κ1) is 24.8. The third-order valence-electron chi connectivity index (χ3n) is 9.04. The molecule has 0 aliphatic heterocycles. The van der Waals surface area contributed by atoms with Crippen LogP contribution in [0.3, 0.4) is 0 Å². The molecule has 7 rings (SSSR count). The van der Waals surface area contributed by atoms with Crippen molar-refractivity contribution in [1.82, 2.24) is 9.55 Å². The van der Waals surface area contributed by atoms with E-state index in [0.717, 1.165) is 11.3 Å². The Bertz CT molecular complexity index is 1410. The summed E-state index contributed by atoms with van der Waals surface area (Å²) in [6.45, 7) is 18.0. The largest absolute Gasteiger partial charge is 0.292 e. The van der Waals surface area contributed by atoms with Gasteiger partial charge in [0.25, 0.3) is 0 Å². The van der Waals surface area contributed by atoms with Gasteiger partial charge < -0.3 is 0 Å². The zero-order valence-electron chi connectivity index (χ0n) is 23.5. The van der Waals surface area contributed by atoms with E-state index in [-0.39, 0.29) is 5.41 Å². The van der Waals surface area contributed by atoms with E-state index in [4.69, 9.17) is 4.98 Å². The topological polar surface area (TPSA) is 17.8 Å². The highest BCUT2D eigenvalue weighted by Gasteiger charge is 2.48. The van der Waals surface area contributed by atoms with E-state index in [1.807, 2.05) is 13.8 Å². The van der Waals surface area contributed by atoms with Crippen LogP contribution >= 0.6 is 0 Å². The van der Waals surface area contributed by atoms with Crippen molar-refractivity contribution in [1.29, 1.82) is 0 Å². The minimum absolute atomic E-state index is 0.285. The van der Waals surface area contributed by atoms with Crippen molar-refractivity contribution >= 4 is 11.0 Å². The first-order valence-corrected chi connectivity index (χ1v) is 14.0. The predicted octanol–water partition coefficient (Wildman–Crippen LogP) is 9.56. The number of aryl methyl sites for hydroxylation is 2. The third kappa shape index (κ3) is 3.64. The zero-order valence-corrected chi connectivity index (χ0v) is 23.5. The lowest BCUT2D eigenvalue weighted by Crippen LogP contribution is -2.44. The van der Waals surface area contributed by atoms with Crippen molar-refractivity contribution in [3.8, 4) is 17.1 Å². The molecule has 4 aromatic rings. The number of hydrogen-bond acceptors (Lipinski definition) is 1. The number of hydrogen-bond donors (Lipinski definition) is 0. The van der Waals surface area contributed by atoms with E-state index in [9.17, 15) is 0 Å². The quantitative estimate of drug-likeness (QED) is 0.286. The van der Waals surface area contributed by atoms with E-state index >= 15 is 0 Å². The molecule has 2 nitrogen and oxygen atoms in total. The van der Waals surface area contributed by atoms with Gasteiger partial charge in [0.05, 0.1) is 16.7 Å². The van der Waals surface area contributed by atoms with Gasteiger partial charge in [0.2, 0.25) is 0 Å². The van der Waals surface area contributed by atoms with Gasteiger partial charge in [0.1, 0.15) is 5.82 Å². The Morgan fingerprint density at radius 2 is 1.33 bits per heavy atom. The second-order valence-corrected chi connectivity index (χ2v) is 11.8. The fourth-order valence-corrected chi connectivity index (χ4v) is 6.78. The summed E-state index contributed by atoms with van der Waals surface area (Å²) >= 11 is 0. The number of rotatable bonds is 3. The van der Waals surface area contributed by atoms with Gasteiger partial charge in [-0.15, -0.1) is 0 Å². The molecule has 3 aliphatic carbocycles. The molecule has 0 saturated heterocycles. The van der Waals surface area contributed by atoms with Crippen LogP contribution in [0.5, 0.6) is 0 Å². The van der Waals surface area contributed by atoms with E-state index in [1.165, 1.54) is 59.1 Å². The summed E-state index contributed by atoms with van der Waals surface area (Å²) in [5.74, 6) is 1.51. The first-order chi connectivity index (χ1) is 17.2. The Hall–Kier alpha value is -2.87. The number of fused-ring (bicyclic) bond motifs is 3.